The maximum Gasteiger partial charge on any atom is 1.00 e. The van der Waals surface area contributed by atoms with Crippen LogP contribution in [0.25, 0.3) is 0 Å². The topological polar surface area (TPSA) is 77.4 Å². The van der Waals surface area contributed by atoms with Gasteiger partial charge >= 0.3 is 29.6 Å². The molecule has 0 heterocycles. The number of aliphatic hydroxyl groups is 1. The third kappa shape index (κ3) is 23.5. The maximum atomic E-state index is 11.5. The van der Waals surface area contributed by atoms with Crippen LogP contribution in [0.3, 0.4) is 0 Å². The number of hydrogen-bond acceptors (Lipinski definition) is 4. The number of unbranched alkanes of at least 4 members (excludes halogenated alkanes) is 15. The Kier molecular flexibility index (Phi) is 25.4. The molecule has 0 amide bonds. The Morgan fingerprint density at radius 3 is 1.23 bits per heavy atom. The van der Waals surface area contributed by atoms with Gasteiger partial charge in [-0.3, -0.25) is 0 Å². The summed E-state index contributed by atoms with van der Waals surface area (Å²) >= 11 is 0. The van der Waals surface area contributed by atoms with E-state index in [1.807, 2.05) is 6.92 Å². The SMILES string of the molecule is CCCCCCCC(CCCCCCCCCCCCCCC(C)O)S(=O)(=O)[O-].[Na+]. The molecule has 0 saturated heterocycles. The molecule has 0 aromatic heterocycles. The van der Waals surface area contributed by atoms with Gasteiger partial charge in [0.05, 0.1) is 16.2 Å². The van der Waals surface area contributed by atoms with Crippen LogP contribution in [-0.4, -0.2) is 29.4 Å². The molecule has 0 rings (SSSR count). The van der Waals surface area contributed by atoms with Crippen LogP contribution in [-0.2, 0) is 10.1 Å². The molecule has 0 radical (unpaired) electrons. The van der Waals surface area contributed by atoms with E-state index in [-0.39, 0.29) is 35.7 Å². The predicted octanol–water partition coefficient (Wildman–Crippen LogP) is 4.11. The fraction of sp³-hybridized carbons (Fsp3) is 1.00. The van der Waals surface area contributed by atoms with E-state index in [0.29, 0.717) is 12.8 Å². The van der Waals surface area contributed by atoms with E-state index >= 15 is 0 Å². The quantitative estimate of drug-likeness (QED) is 0.151. The minimum Gasteiger partial charge on any atom is -0.748 e. The first-order valence-corrected chi connectivity index (χ1v) is 14.0. The summed E-state index contributed by atoms with van der Waals surface area (Å²) in [6.07, 6.45) is 21.8. The molecule has 2 unspecified atom stereocenters. The van der Waals surface area contributed by atoms with E-state index in [4.69, 9.17) is 0 Å². The van der Waals surface area contributed by atoms with Crippen molar-refractivity contribution in [1.82, 2.24) is 0 Å². The molecule has 1 N–H and O–H groups in total. The number of hydrogen-bond donors (Lipinski definition) is 1. The zero-order valence-electron chi connectivity index (χ0n) is 20.4. The smallest absolute Gasteiger partial charge is 0.748 e. The fourth-order valence-corrected chi connectivity index (χ4v) is 4.90. The number of aliphatic hydroxyl groups excluding tert-OH is 1. The molecule has 0 spiro atoms. The molecule has 0 aliphatic heterocycles. The van der Waals surface area contributed by atoms with Crippen molar-refractivity contribution in [2.24, 2.45) is 0 Å². The van der Waals surface area contributed by atoms with E-state index in [0.717, 1.165) is 51.4 Å². The molecule has 0 bridgehead atoms. The van der Waals surface area contributed by atoms with Crippen LogP contribution in [0.5, 0.6) is 0 Å². The van der Waals surface area contributed by atoms with Crippen molar-refractivity contribution >= 4 is 10.1 Å². The van der Waals surface area contributed by atoms with E-state index in [1.165, 1.54) is 64.2 Å². The van der Waals surface area contributed by atoms with Gasteiger partial charge in [0.2, 0.25) is 0 Å². The Morgan fingerprint density at radius 2 is 0.933 bits per heavy atom. The molecule has 0 fully saturated rings. The van der Waals surface area contributed by atoms with Crippen molar-refractivity contribution < 1.29 is 47.6 Å². The molecule has 0 aliphatic carbocycles. The van der Waals surface area contributed by atoms with Crippen LogP contribution in [0.2, 0.25) is 0 Å². The molecular weight excluding hydrogens is 407 g/mol. The molecular formula is C24H49NaO4S. The van der Waals surface area contributed by atoms with Gasteiger partial charge in [-0.05, 0) is 26.2 Å². The summed E-state index contributed by atoms with van der Waals surface area (Å²) < 4.78 is 34.4. The van der Waals surface area contributed by atoms with Gasteiger partial charge in [-0.25, -0.2) is 8.42 Å². The van der Waals surface area contributed by atoms with Gasteiger partial charge in [0, 0.05) is 5.25 Å². The second-order valence-corrected chi connectivity index (χ2v) is 10.6. The third-order valence-electron chi connectivity index (χ3n) is 5.94. The number of rotatable bonds is 22. The standard InChI is InChI=1S/C24H50O4S.Na/c1-3-4-5-14-18-21-24(29(26,27)28)22-19-16-13-11-9-7-6-8-10-12-15-17-20-23(2)25;/h23-25H,3-22H2,1-2H3,(H,26,27,28);/q;+1/p-1. The fourth-order valence-electron chi connectivity index (χ4n) is 3.99. The zero-order chi connectivity index (χ0) is 21.8. The van der Waals surface area contributed by atoms with Crippen LogP contribution in [0, 0.1) is 0 Å². The van der Waals surface area contributed by atoms with Crippen molar-refractivity contribution in [3.05, 3.63) is 0 Å². The Morgan fingerprint density at radius 1 is 0.633 bits per heavy atom. The molecule has 0 aromatic carbocycles. The molecule has 176 valence electrons. The van der Waals surface area contributed by atoms with Crippen LogP contribution < -0.4 is 29.6 Å². The third-order valence-corrected chi connectivity index (χ3v) is 7.22. The average molecular weight is 457 g/mol. The first kappa shape index (κ1) is 33.0. The summed E-state index contributed by atoms with van der Waals surface area (Å²) in [5.74, 6) is 0. The normalized spacial score (nSPS) is 13.7. The van der Waals surface area contributed by atoms with Gasteiger partial charge < -0.3 is 9.66 Å². The first-order valence-electron chi connectivity index (χ1n) is 12.5. The predicted molar refractivity (Wildman–Crippen MR) is 123 cm³/mol. The molecule has 0 aromatic rings. The van der Waals surface area contributed by atoms with Crippen LogP contribution >= 0.6 is 0 Å². The maximum absolute atomic E-state index is 11.5. The van der Waals surface area contributed by atoms with E-state index in [2.05, 4.69) is 6.92 Å². The zero-order valence-corrected chi connectivity index (χ0v) is 23.2. The van der Waals surface area contributed by atoms with Crippen molar-refractivity contribution in [3.8, 4) is 0 Å². The Balaban J connectivity index is 0. The van der Waals surface area contributed by atoms with Gasteiger partial charge in [0.1, 0.15) is 0 Å². The molecule has 4 nitrogen and oxygen atoms in total. The van der Waals surface area contributed by atoms with Crippen molar-refractivity contribution in [2.75, 3.05) is 0 Å². The van der Waals surface area contributed by atoms with Crippen LogP contribution in [0.15, 0.2) is 0 Å². The largest absolute Gasteiger partial charge is 1.00 e. The van der Waals surface area contributed by atoms with Crippen molar-refractivity contribution in [3.63, 3.8) is 0 Å². The van der Waals surface area contributed by atoms with Gasteiger partial charge in [-0.15, -0.1) is 0 Å². The molecule has 6 heteroatoms. The summed E-state index contributed by atoms with van der Waals surface area (Å²) in [5, 5.41) is 8.55. The summed E-state index contributed by atoms with van der Waals surface area (Å²) in [7, 11) is -4.14. The summed E-state index contributed by atoms with van der Waals surface area (Å²) in [5.41, 5.74) is 0. The van der Waals surface area contributed by atoms with Crippen molar-refractivity contribution in [2.45, 2.75) is 154 Å². The Labute approximate surface area is 210 Å². The van der Waals surface area contributed by atoms with Gasteiger partial charge in [0.15, 0.2) is 0 Å². The molecule has 30 heavy (non-hydrogen) atoms. The second kappa shape index (κ2) is 23.0. The van der Waals surface area contributed by atoms with E-state index in [1.54, 1.807) is 0 Å². The second-order valence-electron chi connectivity index (χ2n) is 8.99. The van der Waals surface area contributed by atoms with Crippen LogP contribution in [0.1, 0.15) is 142 Å². The Bertz CT molecular complexity index is 440. The van der Waals surface area contributed by atoms with E-state index in [9.17, 15) is 18.1 Å². The summed E-state index contributed by atoms with van der Waals surface area (Å²) in [6.45, 7) is 4.02. The van der Waals surface area contributed by atoms with Gasteiger partial charge in [-0.1, -0.05) is 116 Å². The molecule has 0 aliphatic rings. The van der Waals surface area contributed by atoms with Gasteiger partial charge in [-0.2, -0.15) is 0 Å². The van der Waals surface area contributed by atoms with Crippen molar-refractivity contribution in [1.29, 1.82) is 0 Å². The van der Waals surface area contributed by atoms with Gasteiger partial charge in [0.25, 0.3) is 0 Å². The summed E-state index contributed by atoms with van der Waals surface area (Å²) in [4.78, 5) is 0. The molecule has 2 atom stereocenters. The monoisotopic (exact) mass is 456 g/mol. The minimum absolute atomic E-state index is 0. The van der Waals surface area contributed by atoms with E-state index < -0.39 is 15.4 Å². The summed E-state index contributed by atoms with van der Waals surface area (Å²) in [6, 6.07) is 0. The minimum atomic E-state index is -4.14. The average Bonchev–Trinajstić information content (AvgIpc) is 2.65. The van der Waals surface area contributed by atoms with Crippen LogP contribution in [0.4, 0.5) is 0 Å². The molecule has 0 saturated carbocycles. The first-order chi connectivity index (χ1) is 13.9. The Hall–Kier alpha value is 0.870.